The summed E-state index contributed by atoms with van der Waals surface area (Å²) in [6.07, 6.45) is 5.74. The number of aromatic nitrogens is 3. The van der Waals surface area contributed by atoms with Crippen molar-refractivity contribution in [2.24, 2.45) is 23.7 Å². The van der Waals surface area contributed by atoms with Gasteiger partial charge in [0.05, 0.1) is 5.39 Å². The van der Waals surface area contributed by atoms with Gasteiger partial charge in [-0.05, 0) is 36.7 Å². The van der Waals surface area contributed by atoms with Crippen molar-refractivity contribution < 1.29 is 4.79 Å². The van der Waals surface area contributed by atoms with Crippen LogP contribution in [0.3, 0.4) is 0 Å². The predicted octanol–water partition coefficient (Wildman–Crippen LogP) is 1.51. The van der Waals surface area contributed by atoms with Crippen LogP contribution in [-0.2, 0) is 4.79 Å². The summed E-state index contributed by atoms with van der Waals surface area (Å²) in [7, 11) is 2.11. The minimum Gasteiger partial charge on any atom is -0.359 e. The molecule has 3 aliphatic rings. The van der Waals surface area contributed by atoms with E-state index in [9.17, 15) is 4.79 Å². The van der Waals surface area contributed by atoms with E-state index >= 15 is 0 Å². The molecule has 2 saturated carbocycles. The molecule has 1 saturated heterocycles. The van der Waals surface area contributed by atoms with Crippen LogP contribution in [0.2, 0.25) is 0 Å². The maximum absolute atomic E-state index is 12.1. The standard InChI is InChI=1S/C17H21N5O/c1-21(16-11-4-5-18-15(11)19-9-20-16)6-12-13-7-22(8-14(12)13)17(23)10-2-3-10/h4-5,9-10,12-14H,2-3,6-8H2,1H3,(H,18,19,20)/t12?,13-,14+. The summed E-state index contributed by atoms with van der Waals surface area (Å²) in [6, 6.07) is 2.03. The summed E-state index contributed by atoms with van der Waals surface area (Å²) >= 11 is 0. The molecule has 0 radical (unpaired) electrons. The fourth-order valence-corrected chi connectivity index (χ4v) is 4.25. The first-order chi connectivity index (χ1) is 11.2. The molecule has 3 atom stereocenters. The fraction of sp³-hybridized carbons (Fsp3) is 0.588. The first-order valence-electron chi connectivity index (χ1n) is 8.50. The van der Waals surface area contributed by atoms with Crippen molar-refractivity contribution in [3.8, 4) is 0 Å². The lowest BCUT2D eigenvalue weighted by molar-refractivity contribution is -0.132. The summed E-state index contributed by atoms with van der Waals surface area (Å²) in [5, 5.41) is 1.08. The van der Waals surface area contributed by atoms with Crippen LogP contribution < -0.4 is 4.90 Å². The molecular formula is C17H21N5O. The molecule has 1 aliphatic heterocycles. The molecule has 1 amide bonds. The molecule has 1 unspecified atom stereocenters. The fourth-order valence-electron chi connectivity index (χ4n) is 4.25. The minimum atomic E-state index is 0.358. The van der Waals surface area contributed by atoms with E-state index in [4.69, 9.17) is 0 Å². The molecule has 2 aliphatic carbocycles. The van der Waals surface area contributed by atoms with Crippen molar-refractivity contribution in [2.75, 3.05) is 31.6 Å². The van der Waals surface area contributed by atoms with Crippen LogP contribution in [-0.4, -0.2) is 52.4 Å². The van der Waals surface area contributed by atoms with Gasteiger partial charge in [0, 0.05) is 38.8 Å². The van der Waals surface area contributed by atoms with E-state index in [0.29, 0.717) is 29.6 Å². The Morgan fingerprint density at radius 3 is 2.87 bits per heavy atom. The number of carbonyl (C=O) groups excluding carboxylic acids is 1. The molecule has 2 aromatic rings. The molecule has 0 aromatic carbocycles. The van der Waals surface area contributed by atoms with Crippen LogP contribution in [0.5, 0.6) is 0 Å². The lowest BCUT2D eigenvalue weighted by atomic mass is 10.2. The highest BCUT2D eigenvalue weighted by Crippen LogP contribution is 2.53. The van der Waals surface area contributed by atoms with Crippen LogP contribution >= 0.6 is 0 Å². The third-order valence-corrected chi connectivity index (χ3v) is 5.79. The Labute approximate surface area is 134 Å². The molecule has 2 aromatic heterocycles. The van der Waals surface area contributed by atoms with Gasteiger partial charge in [0.15, 0.2) is 0 Å². The van der Waals surface area contributed by atoms with E-state index < -0.39 is 0 Å². The molecule has 3 heterocycles. The number of H-pyrrole nitrogens is 1. The van der Waals surface area contributed by atoms with Crippen LogP contribution in [0.25, 0.3) is 11.0 Å². The number of anilines is 1. The number of fused-ring (bicyclic) bond motifs is 2. The van der Waals surface area contributed by atoms with Gasteiger partial charge in [-0.2, -0.15) is 0 Å². The second-order valence-electron chi connectivity index (χ2n) is 7.33. The van der Waals surface area contributed by atoms with Gasteiger partial charge in [0.25, 0.3) is 0 Å². The number of nitrogens with zero attached hydrogens (tertiary/aromatic N) is 4. The zero-order chi connectivity index (χ0) is 15.6. The second kappa shape index (κ2) is 4.69. The first-order valence-corrected chi connectivity index (χ1v) is 8.50. The SMILES string of the molecule is CN(CC1[C@H]2CN(C(=O)C3CC3)C[C@@H]12)c1ncnc2[nH]ccc12. The summed E-state index contributed by atoms with van der Waals surface area (Å²) in [6.45, 7) is 2.96. The molecule has 6 heteroatoms. The van der Waals surface area contributed by atoms with Crippen molar-refractivity contribution in [1.29, 1.82) is 0 Å². The van der Waals surface area contributed by atoms with Gasteiger partial charge in [0.1, 0.15) is 17.8 Å². The summed E-state index contributed by atoms with van der Waals surface area (Å²) in [4.78, 5) is 28.3. The largest absolute Gasteiger partial charge is 0.359 e. The van der Waals surface area contributed by atoms with E-state index in [2.05, 4.69) is 31.8 Å². The number of amides is 1. The number of aromatic amines is 1. The normalized spacial score (nSPS) is 28.9. The van der Waals surface area contributed by atoms with Gasteiger partial charge in [-0.25, -0.2) is 9.97 Å². The first kappa shape index (κ1) is 13.3. The van der Waals surface area contributed by atoms with Gasteiger partial charge >= 0.3 is 0 Å². The summed E-state index contributed by atoms with van der Waals surface area (Å²) in [5.41, 5.74) is 0.888. The van der Waals surface area contributed by atoms with Crippen LogP contribution in [0.1, 0.15) is 12.8 Å². The Morgan fingerprint density at radius 2 is 2.13 bits per heavy atom. The molecule has 0 bridgehead atoms. The van der Waals surface area contributed by atoms with Crippen molar-refractivity contribution >= 4 is 22.8 Å². The topological polar surface area (TPSA) is 65.1 Å². The summed E-state index contributed by atoms with van der Waals surface area (Å²) in [5.74, 6) is 3.86. The highest BCUT2D eigenvalue weighted by atomic mass is 16.2. The highest BCUT2D eigenvalue weighted by molar-refractivity contribution is 5.87. The average Bonchev–Trinajstić information content (AvgIpc) is 3.39. The van der Waals surface area contributed by atoms with Gasteiger partial charge in [0.2, 0.25) is 5.91 Å². The third kappa shape index (κ3) is 2.11. The van der Waals surface area contributed by atoms with Gasteiger partial charge < -0.3 is 14.8 Å². The molecule has 23 heavy (non-hydrogen) atoms. The third-order valence-electron chi connectivity index (χ3n) is 5.79. The number of carbonyl (C=O) groups is 1. The van der Waals surface area contributed by atoms with Crippen LogP contribution in [0.4, 0.5) is 5.82 Å². The van der Waals surface area contributed by atoms with Crippen molar-refractivity contribution in [3.05, 3.63) is 18.6 Å². The molecule has 5 rings (SSSR count). The molecule has 6 nitrogen and oxygen atoms in total. The number of likely N-dealkylation sites (tertiary alicyclic amines) is 1. The number of piperidine rings is 1. The molecule has 3 fully saturated rings. The molecule has 120 valence electrons. The van der Waals surface area contributed by atoms with Gasteiger partial charge in [-0.15, -0.1) is 0 Å². The van der Waals surface area contributed by atoms with E-state index in [1.165, 1.54) is 0 Å². The molecule has 0 spiro atoms. The minimum absolute atomic E-state index is 0.358. The van der Waals surface area contributed by atoms with E-state index in [1.807, 2.05) is 12.3 Å². The van der Waals surface area contributed by atoms with E-state index in [-0.39, 0.29) is 0 Å². The lowest BCUT2D eigenvalue weighted by Gasteiger charge is -2.23. The number of hydrogen-bond donors (Lipinski definition) is 1. The number of rotatable bonds is 4. The van der Waals surface area contributed by atoms with Gasteiger partial charge in [-0.3, -0.25) is 4.79 Å². The van der Waals surface area contributed by atoms with Crippen molar-refractivity contribution in [2.45, 2.75) is 12.8 Å². The predicted molar refractivity (Wildman–Crippen MR) is 86.9 cm³/mol. The smallest absolute Gasteiger partial charge is 0.225 e. The van der Waals surface area contributed by atoms with E-state index in [1.54, 1.807) is 6.33 Å². The second-order valence-corrected chi connectivity index (χ2v) is 7.33. The van der Waals surface area contributed by atoms with Crippen molar-refractivity contribution in [3.63, 3.8) is 0 Å². The Kier molecular flexibility index (Phi) is 2.72. The van der Waals surface area contributed by atoms with Crippen LogP contribution in [0, 0.1) is 23.7 Å². The van der Waals surface area contributed by atoms with Crippen molar-refractivity contribution in [1.82, 2.24) is 19.9 Å². The van der Waals surface area contributed by atoms with Crippen LogP contribution in [0.15, 0.2) is 18.6 Å². The maximum Gasteiger partial charge on any atom is 0.225 e. The summed E-state index contributed by atoms with van der Waals surface area (Å²) < 4.78 is 0. The quantitative estimate of drug-likeness (QED) is 0.929. The Balaban J connectivity index is 1.24. The van der Waals surface area contributed by atoms with Gasteiger partial charge in [-0.1, -0.05) is 0 Å². The van der Waals surface area contributed by atoms with E-state index in [0.717, 1.165) is 49.3 Å². The Hall–Kier alpha value is -2.11. The zero-order valence-corrected chi connectivity index (χ0v) is 13.3. The highest BCUT2D eigenvalue weighted by Gasteiger charge is 2.57. The average molecular weight is 311 g/mol. The maximum atomic E-state index is 12.1. The number of hydrogen-bond acceptors (Lipinski definition) is 4. The Bertz CT molecular complexity index is 755. The monoisotopic (exact) mass is 311 g/mol. The zero-order valence-electron chi connectivity index (χ0n) is 13.3. The molecule has 1 N–H and O–H groups in total. The Morgan fingerprint density at radius 1 is 1.35 bits per heavy atom. The number of nitrogens with one attached hydrogen (secondary N) is 1. The lowest BCUT2D eigenvalue weighted by Crippen LogP contribution is -2.34. The molecular weight excluding hydrogens is 290 g/mol.